The van der Waals surface area contributed by atoms with Crippen LogP contribution in [0.25, 0.3) is 0 Å². The summed E-state index contributed by atoms with van der Waals surface area (Å²) in [5, 5.41) is 2.96. The number of aromatic nitrogens is 1. The van der Waals surface area contributed by atoms with E-state index in [0.29, 0.717) is 5.56 Å². The lowest BCUT2D eigenvalue weighted by Gasteiger charge is -2.32. The summed E-state index contributed by atoms with van der Waals surface area (Å²) in [6.45, 7) is 0. The van der Waals surface area contributed by atoms with Gasteiger partial charge in [-0.3, -0.25) is 19.5 Å². The summed E-state index contributed by atoms with van der Waals surface area (Å²) in [6, 6.07) is 9.14. The van der Waals surface area contributed by atoms with Gasteiger partial charge in [-0.2, -0.15) is 13.2 Å². The largest absolute Gasteiger partial charge is 0.459 e. The van der Waals surface area contributed by atoms with Crippen molar-refractivity contribution in [3.05, 3.63) is 84.1 Å². The molecule has 0 radical (unpaired) electrons. The molecule has 1 aliphatic carbocycles. The standard InChI is InChI=1S/C24H22F3N3O3/c25-24(26,27)17-7-3-10-19(14-17)30(23(32)20-11-5-13-33-20)21(16-6-4-12-28-15-16)22(31)29-18-8-1-2-9-18/h3-7,10-15,18,21H,1-2,8-9H2,(H,29,31). The molecule has 3 aromatic rings. The number of hydrogen-bond acceptors (Lipinski definition) is 4. The molecule has 1 N–H and O–H groups in total. The van der Waals surface area contributed by atoms with E-state index in [1.165, 1.54) is 42.9 Å². The highest BCUT2D eigenvalue weighted by Crippen LogP contribution is 2.35. The topological polar surface area (TPSA) is 75.4 Å². The van der Waals surface area contributed by atoms with E-state index < -0.39 is 29.6 Å². The first-order chi connectivity index (χ1) is 15.8. The van der Waals surface area contributed by atoms with Crippen molar-refractivity contribution in [2.45, 2.75) is 43.9 Å². The van der Waals surface area contributed by atoms with E-state index in [9.17, 15) is 22.8 Å². The van der Waals surface area contributed by atoms with Crippen molar-refractivity contribution in [1.29, 1.82) is 0 Å². The van der Waals surface area contributed by atoms with Crippen LogP contribution in [0.5, 0.6) is 0 Å². The lowest BCUT2D eigenvalue weighted by Crippen LogP contribution is -2.46. The summed E-state index contributed by atoms with van der Waals surface area (Å²) in [5.41, 5.74) is -0.648. The minimum Gasteiger partial charge on any atom is -0.459 e. The van der Waals surface area contributed by atoms with E-state index in [4.69, 9.17) is 4.42 Å². The first-order valence-electron chi connectivity index (χ1n) is 10.6. The molecule has 0 bridgehead atoms. The second-order valence-electron chi connectivity index (χ2n) is 7.88. The Hall–Kier alpha value is -3.62. The van der Waals surface area contributed by atoms with Crippen LogP contribution in [0.15, 0.2) is 71.6 Å². The quantitative estimate of drug-likeness (QED) is 0.556. The number of carbonyl (C=O) groups excluding carboxylic acids is 2. The van der Waals surface area contributed by atoms with E-state index in [0.717, 1.165) is 42.7 Å². The molecule has 4 rings (SSSR count). The molecule has 1 atom stereocenters. The Morgan fingerprint density at radius 1 is 1.09 bits per heavy atom. The second-order valence-corrected chi connectivity index (χ2v) is 7.88. The third-order valence-corrected chi connectivity index (χ3v) is 5.61. The number of hydrogen-bond donors (Lipinski definition) is 1. The summed E-state index contributed by atoms with van der Waals surface area (Å²) >= 11 is 0. The van der Waals surface area contributed by atoms with Gasteiger partial charge in [0.1, 0.15) is 6.04 Å². The number of pyridine rings is 1. The molecule has 1 unspecified atom stereocenters. The van der Waals surface area contributed by atoms with Crippen LogP contribution in [0.3, 0.4) is 0 Å². The monoisotopic (exact) mass is 457 g/mol. The molecule has 6 nitrogen and oxygen atoms in total. The number of furan rings is 1. The third-order valence-electron chi connectivity index (χ3n) is 5.61. The molecule has 1 fully saturated rings. The number of rotatable bonds is 6. The zero-order valence-corrected chi connectivity index (χ0v) is 17.6. The Morgan fingerprint density at radius 3 is 2.52 bits per heavy atom. The molecule has 2 heterocycles. The van der Waals surface area contributed by atoms with Crippen LogP contribution in [-0.4, -0.2) is 22.8 Å². The van der Waals surface area contributed by atoms with Gasteiger partial charge in [-0.25, -0.2) is 0 Å². The normalized spacial score (nSPS) is 15.2. The minimum absolute atomic E-state index is 0.0567. The second kappa shape index (κ2) is 9.48. The molecule has 1 aliphatic rings. The average Bonchev–Trinajstić information content (AvgIpc) is 3.51. The maximum atomic E-state index is 13.5. The van der Waals surface area contributed by atoms with Crippen LogP contribution in [0.1, 0.15) is 53.4 Å². The first kappa shape index (κ1) is 22.6. The number of nitrogens with zero attached hydrogens (tertiary/aromatic N) is 2. The summed E-state index contributed by atoms with van der Waals surface area (Å²) in [4.78, 5) is 32.0. The Kier molecular flexibility index (Phi) is 6.48. The Balaban J connectivity index is 1.83. The third kappa shape index (κ3) is 5.08. The fourth-order valence-electron chi connectivity index (χ4n) is 4.04. The highest BCUT2D eigenvalue weighted by Gasteiger charge is 2.37. The van der Waals surface area contributed by atoms with Gasteiger partial charge in [0.2, 0.25) is 5.91 Å². The molecule has 1 aromatic carbocycles. The summed E-state index contributed by atoms with van der Waals surface area (Å²) in [6.07, 6.45) is 3.17. The number of alkyl halides is 3. The summed E-state index contributed by atoms with van der Waals surface area (Å²) < 4.78 is 45.6. The smallest absolute Gasteiger partial charge is 0.416 e. The lowest BCUT2D eigenvalue weighted by molar-refractivity contribution is -0.137. The van der Waals surface area contributed by atoms with E-state index in [1.807, 2.05) is 0 Å². The zero-order chi connectivity index (χ0) is 23.4. The lowest BCUT2D eigenvalue weighted by atomic mass is 10.0. The van der Waals surface area contributed by atoms with Crippen LogP contribution in [-0.2, 0) is 11.0 Å². The van der Waals surface area contributed by atoms with Crippen LogP contribution in [0, 0.1) is 0 Å². The molecule has 2 amide bonds. The maximum Gasteiger partial charge on any atom is 0.416 e. The number of anilines is 1. The van der Waals surface area contributed by atoms with E-state index in [2.05, 4.69) is 10.3 Å². The van der Waals surface area contributed by atoms with Crippen molar-refractivity contribution in [1.82, 2.24) is 10.3 Å². The Labute approximate surface area is 188 Å². The molecule has 0 aliphatic heterocycles. The molecule has 0 saturated heterocycles. The van der Waals surface area contributed by atoms with Crippen molar-refractivity contribution in [2.24, 2.45) is 0 Å². The van der Waals surface area contributed by atoms with Crippen molar-refractivity contribution in [3.8, 4) is 0 Å². The van der Waals surface area contributed by atoms with Crippen molar-refractivity contribution >= 4 is 17.5 Å². The van der Waals surface area contributed by atoms with Gasteiger partial charge in [-0.15, -0.1) is 0 Å². The van der Waals surface area contributed by atoms with E-state index in [1.54, 1.807) is 12.1 Å². The van der Waals surface area contributed by atoms with E-state index >= 15 is 0 Å². The molecular formula is C24H22F3N3O3. The van der Waals surface area contributed by atoms with Crippen LogP contribution >= 0.6 is 0 Å². The van der Waals surface area contributed by atoms with Gasteiger partial charge >= 0.3 is 6.18 Å². The van der Waals surface area contributed by atoms with Gasteiger partial charge in [-0.1, -0.05) is 25.0 Å². The highest BCUT2D eigenvalue weighted by molar-refractivity contribution is 6.08. The van der Waals surface area contributed by atoms with Gasteiger partial charge < -0.3 is 9.73 Å². The molecule has 33 heavy (non-hydrogen) atoms. The van der Waals surface area contributed by atoms with Gasteiger partial charge in [0, 0.05) is 29.7 Å². The van der Waals surface area contributed by atoms with Gasteiger partial charge in [0.15, 0.2) is 5.76 Å². The molecule has 9 heteroatoms. The highest BCUT2D eigenvalue weighted by atomic mass is 19.4. The Bertz CT molecular complexity index is 1090. The predicted octanol–water partition coefficient (Wildman–Crippen LogP) is 5.14. The summed E-state index contributed by atoms with van der Waals surface area (Å²) in [7, 11) is 0. The number of halogens is 3. The van der Waals surface area contributed by atoms with Crippen LogP contribution in [0.2, 0.25) is 0 Å². The fraction of sp³-hybridized carbons (Fsp3) is 0.292. The number of amides is 2. The van der Waals surface area contributed by atoms with Gasteiger partial charge in [0.05, 0.1) is 11.8 Å². The number of carbonyl (C=O) groups is 2. The van der Waals surface area contributed by atoms with E-state index in [-0.39, 0.29) is 17.5 Å². The maximum absolute atomic E-state index is 13.5. The molecule has 2 aromatic heterocycles. The number of nitrogens with one attached hydrogen (secondary N) is 1. The zero-order valence-electron chi connectivity index (χ0n) is 17.6. The van der Waals surface area contributed by atoms with Gasteiger partial charge in [0.25, 0.3) is 5.91 Å². The van der Waals surface area contributed by atoms with Crippen LogP contribution in [0.4, 0.5) is 18.9 Å². The van der Waals surface area contributed by atoms with Gasteiger partial charge in [-0.05, 0) is 49.2 Å². The van der Waals surface area contributed by atoms with Crippen molar-refractivity contribution in [2.75, 3.05) is 4.90 Å². The van der Waals surface area contributed by atoms with Crippen molar-refractivity contribution in [3.63, 3.8) is 0 Å². The Morgan fingerprint density at radius 2 is 1.88 bits per heavy atom. The summed E-state index contributed by atoms with van der Waals surface area (Å²) in [5.74, 6) is -1.34. The number of benzene rings is 1. The van der Waals surface area contributed by atoms with Crippen molar-refractivity contribution < 1.29 is 27.2 Å². The minimum atomic E-state index is -4.62. The molecule has 172 valence electrons. The molecular weight excluding hydrogens is 435 g/mol. The predicted molar refractivity (Wildman–Crippen MR) is 114 cm³/mol. The van der Waals surface area contributed by atoms with Crippen LogP contribution < -0.4 is 10.2 Å². The average molecular weight is 457 g/mol. The fourth-order valence-corrected chi connectivity index (χ4v) is 4.04. The SMILES string of the molecule is O=C(NC1CCCC1)C(c1cccnc1)N(C(=O)c1ccco1)c1cccc(C(F)(F)F)c1. The first-order valence-corrected chi connectivity index (χ1v) is 10.6. The molecule has 0 spiro atoms. The molecule has 1 saturated carbocycles.